The molecule has 4 nitrogen and oxygen atoms in total. The molecule has 0 aliphatic carbocycles. The molecule has 130 valence electrons. The maximum absolute atomic E-state index is 12.7. The SMILES string of the molecule is CC(C)CN(CC(C)C)C(=O)Cn1cc(C(F)(F)F)ccc1=O. The number of carbonyl (C=O) groups is 1. The molecule has 0 aromatic carbocycles. The summed E-state index contributed by atoms with van der Waals surface area (Å²) in [5.41, 5.74) is -1.57. The Kier molecular flexibility index (Phi) is 6.41. The van der Waals surface area contributed by atoms with E-state index in [9.17, 15) is 22.8 Å². The van der Waals surface area contributed by atoms with Gasteiger partial charge in [-0.1, -0.05) is 27.7 Å². The maximum atomic E-state index is 12.7. The van der Waals surface area contributed by atoms with E-state index in [1.54, 1.807) is 4.90 Å². The Hall–Kier alpha value is -1.79. The van der Waals surface area contributed by atoms with E-state index in [1.165, 1.54) is 0 Å². The van der Waals surface area contributed by atoms with Crippen LogP contribution in [-0.2, 0) is 17.5 Å². The van der Waals surface area contributed by atoms with Crippen molar-refractivity contribution in [1.82, 2.24) is 9.47 Å². The van der Waals surface area contributed by atoms with Gasteiger partial charge in [0, 0.05) is 25.4 Å². The average Bonchev–Trinajstić information content (AvgIpc) is 2.38. The van der Waals surface area contributed by atoms with E-state index in [0.717, 1.165) is 16.7 Å². The predicted molar refractivity (Wildman–Crippen MR) is 82.0 cm³/mol. The second kappa shape index (κ2) is 7.66. The summed E-state index contributed by atoms with van der Waals surface area (Å²) in [6, 6.07) is 1.56. The fourth-order valence-corrected chi connectivity index (χ4v) is 2.23. The highest BCUT2D eigenvalue weighted by Crippen LogP contribution is 2.28. The zero-order valence-corrected chi connectivity index (χ0v) is 13.9. The third kappa shape index (κ3) is 6.08. The van der Waals surface area contributed by atoms with Crippen molar-refractivity contribution in [1.29, 1.82) is 0 Å². The Morgan fingerprint density at radius 1 is 1.13 bits per heavy atom. The van der Waals surface area contributed by atoms with Gasteiger partial charge < -0.3 is 9.47 Å². The monoisotopic (exact) mass is 332 g/mol. The number of rotatable bonds is 6. The summed E-state index contributed by atoms with van der Waals surface area (Å²) in [5, 5.41) is 0. The molecule has 0 unspecified atom stereocenters. The predicted octanol–water partition coefficient (Wildman–Crippen LogP) is 3.01. The minimum atomic E-state index is -4.55. The average molecular weight is 332 g/mol. The van der Waals surface area contributed by atoms with Gasteiger partial charge in [0.25, 0.3) is 5.56 Å². The van der Waals surface area contributed by atoms with E-state index >= 15 is 0 Å². The molecule has 7 heteroatoms. The van der Waals surface area contributed by atoms with Crippen LogP contribution in [0.15, 0.2) is 23.1 Å². The number of alkyl halides is 3. The van der Waals surface area contributed by atoms with Crippen LogP contribution in [0.2, 0.25) is 0 Å². The highest BCUT2D eigenvalue weighted by Gasteiger charge is 2.31. The van der Waals surface area contributed by atoms with Gasteiger partial charge in [0.15, 0.2) is 0 Å². The van der Waals surface area contributed by atoms with Gasteiger partial charge in [-0.3, -0.25) is 9.59 Å². The largest absolute Gasteiger partial charge is 0.417 e. The molecule has 0 N–H and O–H groups in total. The molecule has 0 bridgehead atoms. The summed E-state index contributed by atoms with van der Waals surface area (Å²) in [5.74, 6) is 0.112. The van der Waals surface area contributed by atoms with E-state index in [1.807, 2.05) is 27.7 Å². The van der Waals surface area contributed by atoms with E-state index in [2.05, 4.69) is 0 Å². The molecular formula is C16H23F3N2O2. The van der Waals surface area contributed by atoms with Crippen molar-refractivity contribution in [3.8, 4) is 0 Å². The Labute approximate surface area is 133 Å². The highest BCUT2D eigenvalue weighted by molar-refractivity contribution is 5.76. The molecule has 0 saturated carbocycles. The Balaban J connectivity index is 2.99. The van der Waals surface area contributed by atoms with Crippen molar-refractivity contribution in [3.63, 3.8) is 0 Å². The van der Waals surface area contributed by atoms with Gasteiger partial charge in [0.1, 0.15) is 6.54 Å². The van der Waals surface area contributed by atoms with Gasteiger partial charge in [0.2, 0.25) is 5.91 Å². The highest BCUT2D eigenvalue weighted by atomic mass is 19.4. The third-order valence-corrected chi connectivity index (χ3v) is 3.14. The van der Waals surface area contributed by atoms with Crippen LogP contribution in [-0.4, -0.2) is 28.5 Å². The number of hydrogen-bond acceptors (Lipinski definition) is 2. The van der Waals surface area contributed by atoms with Crippen molar-refractivity contribution in [2.75, 3.05) is 13.1 Å². The smallest absolute Gasteiger partial charge is 0.341 e. The molecule has 1 aromatic heterocycles. The van der Waals surface area contributed by atoms with Crippen LogP contribution in [0.25, 0.3) is 0 Å². The topological polar surface area (TPSA) is 42.3 Å². The molecule has 0 aliphatic rings. The van der Waals surface area contributed by atoms with Gasteiger partial charge in [-0.2, -0.15) is 13.2 Å². The van der Waals surface area contributed by atoms with Gasteiger partial charge >= 0.3 is 6.18 Å². The lowest BCUT2D eigenvalue weighted by Gasteiger charge is -2.26. The van der Waals surface area contributed by atoms with Crippen molar-refractivity contribution in [2.45, 2.75) is 40.4 Å². The normalized spacial score (nSPS) is 12.0. The summed E-state index contributed by atoms with van der Waals surface area (Å²) >= 11 is 0. The molecule has 0 saturated heterocycles. The van der Waals surface area contributed by atoms with Crippen molar-refractivity contribution in [3.05, 3.63) is 34.2 Å². The van der Waals surface area contributed by atoms with Crippen LogP contribution in [0.4, 0.5) is 13.2 Å². The second-order valence-corrected chi connectivity index (χ2v) is 6.47. The van der Waals surface area contributed by atoms with Crippen LogP contribution < -0.4 is 5.56 Å². The Bertz CT molecular complexity index is 582. The number of nitrogens with zero attached hydrogens (tertiary/aromatic N) is 2. The Morgan fingerprint density at radius 3 is 2.09 bits per heavy atom. The molecular weight excluding hydrogens is 309 g/mol. The van der Waals surface area contributed by atoms with E-state index < -0.39 is 17.3 Å². The van der Waals surface area contributed by atoms with Crippen LogP contribution in [0.1, 0.15) is 33.3 Å². The number of carbonyl (C=O) groups excluding carboxylic acids is 1. The van der Waals surface area contributed by atoms with Crippen molar-refractivity contribution < 1.29 is 18.0 Å². The number of pyridine rings is 1. The third-order valence-electron chi connectivity index (χ3n) is 3.14. The Morgan fingerprint density at radius 2 is 1.65 bits per heavy atom. The number of hydrogen-bond donors (Lipinski definition) is 0. The summed E-state index contributed by atoms with van der Waals surface area (Å²) in [4.78, 5) is 25.7. The van der Waals surface area contributed by atoms with Crippen molar-refractivity contribution in [2.24, 2.45) is 11.8 Å². The first kappa shape index (κ1) is 19.3. The molecule has 1 heterocycles. The van der Waals surface area contributed by atoms with Gasteiger partial charge in [-0.25, -0.2) is 0 Å². The van der Waals surface area contributed by atoms with Gasteiger partial charge in [-0.05, 0) is 17.9 Å². The minimum Gasteiger partial charge on any atom is -0.341 e. The molecule has 23 heavy (non-hydrogen) atoms. The summed E-state index contributed by atoms with van der Waals surface area (Å²) in [6.07, 6.45) is -3.85. The number of amides is 1. The number of halogens is 3. The molecule has 1 aromatic rings. The molecule has 0 spiro atoms. The van der Waals surface area contributed by atoms with Crippen LogP contribution >= 0.6 is 0 Å². The molecule has 0 atom stereocenters. The number of aromatic nitrogens is 1. The van der Waals surface area contributed by atoms with E-state index in [0.29, 0.717) is 19.3 Å². The molecule has 0 aliphatic heterocycles. The summed E-state index contributed by atoms with van der Waals surface area (Å²) in [6.45, 7) is 8.44. The lowest BCUT2D eigenvalue weighted by Crippen LogP contribution is -2.40. The van der Waals surface area contributed by atoms with Crippen LogP contribution in [0, 0.1) is 11.8 Å². The van der Waals surface area contributed by atoms with Gasteiger partial charge in [-0.15, -0.1) is 0 Å². The second-order valence-electron chi connectivity index (χ2n) is 6.47. The van der Waals surface area contributed by atoms with E-state index in [4.69, 9.17) is 0 Å². The fourth-order valence-electron chi connectivity index (χ4n) is 2.23. The van der Waals surface area contributed by atoms with E-state index in [-0.39, 0.29) is 24.3 Å². The molecule has 1 rings (SSSR count). The molecule has 0 radical (unpaired) electrons. The fraction of sp³-hybridized carbons (Fsp3) is 0.625. The summed E-state index contributed by atoms with van der Waals surface area (Å²) < 4.78 is 39.0. The van der Waals surface area contributed by atoms with Gasteiger partial charge in [0.05, 0.1) is 5.56 Å². The lowest BCUT2D eigenvalue weighted by atomic mass is 10.1. The van der Waals surface area contributed by atoms with Crippen LogP contribution in [0.5, 0.6) is 0 Å². The van der Waals surface area contributed by atoms with Crippen LogP contribution in [0.3, 0.4) is 0 Å². The standard InChI is InChI=1S/C16H23F3N2O2/c1-11(2)7-20(8-12(3)4)15(23)10-21-9-13(16(17,18)19)5-6-14(21)22/h5-6,9,11-12H,7-8,10H2,1-4H3. The quantitative estimate of drug-likeness (QED) is 0.804. The minimum absolute atomic E-state index is 0.232. The molecule has 0 fully saturated rings. The maximum Gasteiger partial charge on any atom is 0.417 e. The first-order valence-electron chi connectivity index (χ1n) is 7.56. The first-order chi connectivity index (χ1) is 10.5. The zero-order chi connectivity index (χ0) is 17.8. The first-order valence-corrected chi connectivity index (χ1v) is 7.56. The zero-order valence-electron chi connectivity index (χ0n) is 13.9. The molecule has 1 amide bonds. The van der Waals surface area contributed by atoms with Crippen molar-refractivity contribution >= 4 is 5.91 Å². The summed E-state index contributed by atoms with van der Waals surface area (Å²) in [7, 11) is 0. The lowest BCUT2D eigenvalue weighted by molar-refractivity contribution is -0.139.